The number of hydrogen-bond acceptors (Lipinski definition) is 5. The Kier molecular flexibility index (Phi) is 4.04. The van der Waals surface area contributed by atoms with Crippen LogP contribution in [0, 0.1) is 13.8 Å². The molecule has 6 nitrogen and oxygen atoms in total. The molecule has 0 atom stereocenters. The highest BCUT2D eigenvalue weighted by Gasteiger charge is 2.27. The summed E-state index contributed by atoms with van der Waals surface area (Å²) in [4.78, 5) is 4.15. The number of sulfonamides is 1. The average molecular weight is 273 g/mol. The lowest BCUT2D eigenvalue weighted by molar-refractivity contribution is 0.455. The molecule has 7 heteroatoms. The summed E-state index contributed by atoms with van der Waals surface area (Å²) in [6.45, 7) is 5.28. The molecule has 18 heavy (non-hydrogen) atoms. The summed E-state index contributed by atoms with van der Waals surface area (Å²) in [6, 6.07) is 0. The summed E-state index contributed by atoms with van der Waals surface area (Å²) >= 11 is 0. The third-order valence-electron chi connectivity index (χ3n) is 3.22. The molecule has 0 aromatic carbocycles. The van der Waals surface area contributed by atoms with Gasteiger partial charge in [0.1, 0.15) is 5.76 Å². The van der Waals surface area contributed by atoms with Gasteiger partial charge in [0.25, 0.3) is 0 Å². The molecule has 1 fully saturated rings. The predicted octanol–water partition coefficient (Wildman–Crippen LogP) is 0.463. The van der Waals surface area contributed by atoms with E-state index in [4.69, 9.17) is 4.42 Å². The standard InChI is InChI=1S/C11H19N3O3S/c1-8-9(2)17-11(14-8)7-13-18(15,16)10-3-5-12-6-4-10/h10,12-13H,3-7H2,1-2H3. The minimum Gasteiger partial charge on any atom is -0.444 e. The second-order valence-corrected chi connectivity index (χ2v) is 6.61. The Balaban J connectivity index is 1.96. The van der Waals surface area contributed by atoms with Crippen LogP contribution in [0.3, 0.4) is 0 Å². The molecule has 0 saturated carbocycles. The fraction of sp³-hybridized carbons (Fsp3) is 0.727. The molecule has 1 aromatic rings. The second kappa shape index (κ2) is 5.38. The van der Waals surface area contributed by atoms with Crippen LogP contribution in [-0.2, 0) is 16.6 Å². The quantitative estimate of drug-likeness (QED) is 0.832. The normalized spacial score (nSPS) is 18.1. The lowest BCUT2D eigenvalue weighted by atomic mass is 10.2. The molecule has 0 aliphatic carbocycles. The van der Waals surface area contributed by atoms with E-state index in [1.54, 1.807) is 0 Å². The van der Waals surface area contributed by atoms with Crippen LogP contribution < -0.4 is 10.0 Å². The Hall–Kier alpha value is -0.920. The number of nitrogens with zero attached hydrogens (tertiary/aromatic N) is 1. The van der Waals surface area contributed by atoms with E-state index >= 15 is 0 Å². The van der Waals surface area contributed by atoms with Gasteiger partial charge in [-0.2, -0.15) is 0 Å². The van der Waals surface area contributed by atoms with E-state index in [9.17, 15) is 8.42 Å². The van der Waals surface area contributed by atoms with Crippen LogP contribution in [-0.4, -0.2) is 31.7 Å². The maximum Gasteiger partial charge on any atom is 0.215 e. The van der Waals surface area contributed by atoms with E-state index in [-0.39, 0.29) is 11.8 Å². The first-order chi connectivity index (χ1) is 8.49. The van der Waals surface area contributed by atoms with Crippen LogP contribution in [0.1, 0.15) is 30.2 Å². The van der Waals surface area contributed by atoms with E-state index in [2.05, 4.69) is 15.0 Å². The van der Waals surface area contributed by atoms with Gasteiger partial charge in [-0.1, -0.05) is 0 Å². The maximum absolute atomic E-state index is 12.0. The number of hydrogen-bond donors (Lipinski definition) is 2. The average Bonchev–Trinajstić information content (AvgIpc) is 2.68. The molecular weight excluding hydrogens is 254 g/mol. The van der Waals surface area contributed by atoms with Crippen LogP contribution in [0.4, 0.5) is 0 Å². The lowest BCUT2D eigenvalue weighted by Crippen LogP contribution is -2.41. The molecule has 0 amide bonds. The number of aryl methyl sites for hydroxylation is 2. The van der Waals surface area contributed by atoms with Gasteiger partial charge < -0.3 is 9.73 Å². The number of piperidine rings is 1. The number of rotatable bonds is 4. The minimum atomic E-state index is -3.28. The summed E-state index contributed by atoms with van der Waals surface area (Å²) in [6.07, 6.45) is 1.30. The molecule has 1 aliphatic heterocycles. The van der Waals surface area contributed by atoms with Crippen molar-refractivity contribution in [1.29, 1.82) is 0 Å². The molecule has 0 spiro atoms. The molecular formula is C11H19N3O3S. The zero-order valence-corrected chi connectivity index (χ0v) is 11.5. The van der Waals surface area contributed by atoms with Crippen molar-refractivity contribution in [3.8, 4) is 0 Å². The van der Waals surface area contributed by atoms with Crippen molar-refractivity contribution in [1.82, 2.24) is 15.0 Å². The first kappa shape index (κ1) is 13.5. The highest BCUT2D eigenvalue weighted by Crippen LogP contribution is 2.13. The first-order valence-corrected chi connectivity index (χ1v) is 7.66. The summed E-state index contributed by atoms with van der Waals surface area (Å²) in [7, 11) is -3.28. The minimum absolute atomic E-state index is 0.126. The van der Waals surface area contributed by atoms with Crippen LogP contribution in [0.25, 0.3) is 0 Å². The maximum atomic E-state index is 12.0. The highest BCUT2D eigenvalue weighted by molar-refractivity contribution is 7.90. The number of aromatic nitrogens is 1. The Labute approximate surface area is 107 Å². The second-order valence-electron chi connectivity index (χ2n) is 4.56. The largest absolute Gasteiger partial charge is 0.444 e. The summed E-state index contributed by atoms with van der Waals surface area (Å²) in [5.74, 6) is 1.15. The molecule has 0 bridgehead atoms. The molecule has 102 valence electrons. The molecule has 2 N–H and O–H groups in total. The smallest absolute Gasteiger partial charge is 0.215 e. The van der Waals surface area contributed by atoms with Crippen LogP contribution in [0.5, 0.6) is 0 Å². The van der Waals surface area contributed by atoms with E-state index in [1.165, 1.54) is 0 Å². The van der Waals surface area contributed by atoms with Gasteiger partial charge in [0, 0.05) is 0 Å². The highest BCUT2D eigenvalue weighted by atomic mass is 32.2. The fourth-order valence-corrected chi connectivity index (χ4v) is 3.42. The van der Waals surface area contributed by atoms with Crippen molar-refractivity contribution in [2.45, 2.75) is 38.5 Å². The van der Waals surface area contributed by atoms with Gasteiger partial charge in [0.15, 0.2) is 0 Å². The zero-order valence-electron chi connectivity index (χ0n) is 10.7. The topological polar surface area (TPSA) is 84.2 Å². The number of nitrogens with one attached hydrogen (secondary N) is 2. The monoisotopic (exact) mass is 273 g/mol. The van der Waals surface area contributed by atoms with Gasteiger partial charge in [-0.3, -0.25) is 0 Å². The van der Waals surface area contributed by atoms with Gasteiger partial charge >= 0.3 is 0 Å². The third-order valence-corrected chi connectivity index (χ3v) is 5.12. The Morgan fingerprint density at radius 2 is 2.06 bits per heavy atom. The molecule has 1 saturated heterocycles. The van der Waals surface area contributed by atoms with Crippen molar-refractivity contribution in [3.63, 3.8) is 0 Å². The molecule has 1 aromatic heterocycles. The predicted molar refractivity (Wildman–Crippen MR) is 67.6 cm³/mol. The molecule has 0 radical (unpaired) electrons. The Bertz CT molecular complexity index is 484. The van der Waals surface area contributed by atoms with Crippen LogP contribution in [0.2, 0.25) is 0 Å². The molecule has 1 aliphatic rings. The van der Waals surface area contributed by atoms with E-state index in [0.29, 0.717) is 18.7 Å². The number of oxazole rings is 1. The van der Waals surface area contributed by atoms with Crippen LogP contribution >= 0.6 is 0 Å². The van der Waals surface area contributed by atoms with E-state index < -0.39 is 10.0 Å². The van der Waals surface area contributed by atoms with Gasteiger partial charge in [-0.15, -0.1) is 0 Å². The molecule has 2 rings (SSSR count). The summed E-state index contributed by atoms with van der Waals surface area (Å²) in [5.41, 5.74) is 0.797. The molecule has 2 heterocycles. The Morgan fingerprint density at radius 3 is 2.61 bits per heavy atom. The first-order valence-electron chi connectivity index (χ1n) is 6.11. The summed E-state index contributed by atoms with van der Waals surface area (Å²) < 4.78 is 32.0. The van der Waals surface area contributed by atoms with Crippen molar-refractivity contribution in [3.05, 3.63) is 17.3 Å². The fourth-order valence-electron chi connectivity index (χ4n) is 2.00. The lowest BCUT2D eigenvalue weighted by Gasteiger charge is -2.22. The Morgan fingerprint density at radius 1 is 1.39 bits per heavy atom. The van der Waals surface area contributed by atoms with E-state index in [0.717, 1.165) is 24.5 Å². The zero-order chi connectivity index (χ0) is 13.2. The van der Waals surface area contributed by atoms with Gasteiger partial charge in [0.2, 0.25) is 15.9 Å². The van der Waals surface area contributed by atoms with E-state index in [1.807, 2.05) is 13.8 Å². The third kappa shape index (κ3) is 3.09. The van der Waals surface area contributed by atoms with Crippen molar-refractivity contribution in [2.75, 3.05) is 13.1 Å². The van der Waals surface area contributed by atoms with Crippen molar-refractivity contribution < 1.29 is 12.8 Å². The van der Waals surface area contributed by atoms with Crippen molar-refractivity contribution in [2.24, 2.45) is 0 Å². The van der Waals surface area contributed by atoms with Gasteiger partial charge in [-0.25, -0.2) is 18.1 Å². The SMILES string of the molecule is Cc1nc(CNS(=O)(=O)C2CCNCC2)oc1C. The summed E-state index contributed by atoms with van der Waals surface area (Å²) in [5, 5.41) is 2.84. The van der Waals surface area contributed by atoms with Gasteiger partial charge in [0.05, 0.1) is 17.5 Å². The van der Waals surface area contributed by atoms with Crippen molar-refractivity contribution >= 4 is 10.0 Å². The molecule has 0 unspecified atom stereocenters. The van der Waals surface area contributed by atoms with Crippen LogP contribution in [0.15, 0.2) is 4.42 Å². The van der Waals surface area contributed by atoms with Gasteiger partial charge in [-0.05, 0) is 39.8 Å².